The van der Waals surface area contributed by atoms with E-state index in [1.807, 2.05) is 11.8 Å². The van der Waals surface area contributed by atoms with Crippen molar-refractivity contribution < 1.29 is 20.1 Å². The normalized spacial score (nSPS) is 49.1. The van der Waals surface area contributed by atoms with Crippen molar-refractivity contribution >= 4 is 17.7 Å². The van der Waals surface area contributed by atoms with Crippen LogP contribution >= 0.6 is 11.8 Å². The van der Waals surface area contributed by atoms with Crippen LogP contribution < -0.4 is 0 Å². The zero-order valence-corrected chi connectivity index (χ0v) is 24.8. The Morgan fingerprint density at radius 1 is 1.03 bits per heavy atom. The summed E-state index contributed by atoms with van der Waals surface area (Å²) >= 11 is 1.98. The fourth-order valence-corrected chi connectivity index (χ4v) is 12.0. The Hall–Kier alpha value is -0.520. The first-order valence-electron chi connectivity index (χ1n) is 14.5. The molecule has 3 unspecified atom stereocenters. The highest BCUT2D eigenvalue weighted by molar-refractivity contribution is 8.00. The lowest BCUT2D eigenvalue weighted by Gasteiger charge is -2.69. The Morgan fingerprint density at radius 3 is 2.28 bits per heavy atom. The summed E-state index contributed by atoms with van der Waals surface area (Å²) < 4.78 is 0. The molecule has 0 aromatic rings. The molecule has 4 rings (SSSR count). The molecular weight excluding hydrogens is 468 g/mol. The van der Waals surface area contributed by atoms with Gasteiger partial charge in [0.2, 0.25) is 0 Å². The maximum Gasteiger partial charge on any atom is 0.307 e. The zero-order valence-electron chi connectivity index (χ0n) is 24.0. The second kappa shape index (κ2) is 9.90. The second-order valence-electron chi connectivity index (χ2n) is 14.3. The maximum atomic E-state index is 12.7. The molecule has 0 aromatic carbocycles. The average Bonchev–Trinajstić information content (AvgIpc) is 3.03. The fraction of sp³-hybridized carbons (Fsp3) is 0.903. The first kappa shape index (κ1) is 28.5. The topological polar surface area (TPSA) is 77.8 Å². The van der Waals surface area contributed by atoms with Gasteiger partial charge in [-0.05, 0) is 110 Å². The second-order valence-corrected chi connectivity index (χ2v) is 16.1. The smallest absolute Gasteiger partial charge is 0.307 e. The van der Waals surface area contributed by atoms with Gasteiger partial charge in [0, 0.05) is 5.25 Å². The summed E-state index contributed by atoms with van der Waals surface area (Å²) in [5.74, 6) is 0.104. The van der Waals surface area contributed by atoms with Crippen LogP contribution in [0.5, 0.6) is 0 Å². The zero-order chi connectivity index (χ0) is 26.8. The van der Waals surface area contributed by atoms with Gasteiger partial charge in [-0.25, -0.2) is 0 Å². The molecule has 0 bridgehead atoms. The molecule has 4 nitrogen and oxygen atoms in total. The molecule has 0 aliphatic heterocycles. The number of thioether (sulfide) groups is 1. The molecule has 3 N–H and O–H groups in total. The van der Waals surface area contributed by atoms with Crippen molar-refractivity contribution in [3.63, 3.8) is 0 Å². The van der Waals surface area contributed by atoms with E-state index in [1.165, 1.54) is 5.57 Å². The number of aliphatic carboxylic acids is 1. The summed E-state index contributed by atoms with van der Waals surface area (Å²) in [5.41, 5.74) is 1.16. The van der Waals surface area contributed by atoms with E-state index in [-0.39, 0.29) is 46.0 Å². The first-order chi connectivity index (χ1) is 16.7. The minimum Gasteiger partial charge on any atom is -0.481 e. The van der Waals surface area contributed by atoms with Crippen molar-refractivity contribution in [2.75, 3.05) is 0 Å². The number of carboxylic acids is 1. The number of carbonyl (C=O) groups is 1. The summed E-state index contributed by atoms with van der Waals surface area (Å²) in [6.45, 7) is 18.1. The van der Waals surface area contributed by atoms with Crippen molar-refractivity contribution in [1.82, 2.24) is 0 Å². The minimum absolute atomic E-state index is 0.0000743. The molecular formula is C31H52O4S. The van der Waals surface area contributed by atoms with Gasteiger partial charge in [0.25, 0.3) is 0 Å². The number of aliphatic hydroxyl groups excluding tert-OH is 2. The van der Waals surface area contributed by atoms with Crippen LogP contribution in [0.4, 0.5) is 0 Å². The molecule has 4 aliphatic carbocycles. The van der Waals surface area contributed by atoms with Gasteiger partial charge in [-0.2, -0.15) is 11.8 Å². The number of fused-ring (bicyclic) bond motifs is 5. The van der Waals surface area contributed by atoms with Gasteiger partial charge in [-0.1, -0.05) is 53.2 Å². The molecule has 4 fully saturated rings. The third-order valence-corrected chi connectivity index (χ3v) is 13.3. The van der Waals surface area contributed by atoms with E-state index in [0.29, 0.717) is 29.3 Å². The molecule has 0 spiro atoms. The molecule has 206 valence electrons. The fourth-order valence-electron chi connectivity index (χ4n) is 10.3. The van der Waals surface area contributed by atoms with Crippen LogP contribution in [-0.2, 0) is 4.79 Å². The van der Waals surface area contributed by atoms with Gasteiger partial charge in [0.05, 0.1) is 18.1 Å². The van der Waals surface area contributed by atoms with Gasteiger partial charge in [0.15, 0.2) is 0 Å². The highest BCUT2D eigenvalue weighted by Crippen LogP contribution is 2.75. The van der Waals surface area contributed by atoms with Gasteiger partial charge in [-0.15, -0.1) is 0 Å². The Balaban J connectivity index is 1.78. The van der Waals surface area contributed by atoms with Crippen molar-refractivity contribution in [3.8, 4) is 0 Å². The third-order valence-electron chi connectivity index (χ3n) is 12.0. The molecule has 0 radical (unpaired) electrons. The molecule has 0 amide bonds. The van der Waals surface area contributed by atoms with E-state index in [2.05, 4.69) is 61.5 Å². The molecule has 4 saturated carbocycles. The predicted molar refractivity (Wildman–Crippen MR) is 149 cm³/mol. The van der Waals surface area contributed by atoms with Crippen molar-refractivity contribution in [2.45, 2.75) is 123 Å². The lowest BCUT2D eigenvalue weighted by molar-refractivity contribution is -0.240. The molecule has 0 saturated heterocycles. The van der Waals surface area contributed by atoms with E-state index in [1.54, 1.807) is 0 Å². The lowest BCUT2D eigenvalue weighted by atomic mass is 9.36. The van der Waals surface area contributed by atoms with Crippen LogP contribution in [0.25, 0.3) is 0 Å². The van der Waals surface area contributed by atoms with Crippen LogP contribution in [0.1, 0.15) is 100 Å². The maximum absolute atomic E-state index is 12.7. The number of rotatable bonds is 6. The monoisotopic (exact) mass is 520 g/mol. The van der Waals surface area contributed by atoms with E-state index < -0.39 is 18.0 Å². The Morgan fingerprint density at radius 2 is 1.69 bits per heavy atom. The summed E-state index contributed by atoms with van der Waals surface area (Å²) in [5, 5.41) is 33.9. The molecule has 5 heteroatoms. The van der Waals surface area contributed by atoms with Crippen LogP contribution in [0, 0.1) is 51.8 Å². The van der Waals surface area contributed by atoms with Gasteiger partial charge < -0.3 is 15.3 Å². The number of allylic oxidation sites excluding steroid dienone is 2. The third kappa shape index (κ3) is 4.31. The highest BCUT2D eigenvalue weighted by Gasteiger charge is 2.71. The standard InChI is InChI=1S/C31H52O4S/c1-17(2)9-10-20(28(34)35)26-22-15-24(33)27-29(6)13-12-23(32)19(5)21(29)11-14-30(27,7)31(22,8)16-25(26)36-18(3)4/h9,18-27,32-33H,10-16H2,1-8H3,(H,34,35)/t19-,20+,21?,22?,23+,24+,25-,26+,27?,29-,30-,31-/m0/s1. The Kier molecular flexibility index (Phi) is 7.83. The van der Waals surface area contributed by atoms with Gasteiger partial charge >= 0.3 is 5.97 Å². The molecule has 36 heavy (non-hydrogen) atoms. The minimum atomic E-state index is -0.677. The van der Waals surface area contributed by atoms with Gasteiger partial charge in [0.1, 0.15) is 0 Å². The lowest BCUT2D eigenvalue weighted by Crippen LogP contribution is -2.66. The largest absolute Gasteiger partial charge is 0.481 e. The average molecular weight is 521 g/mol. The van der Waals surface area contributed by atoms with Crippen LogP contribution in [0.3, 0.4) is 0 Å². The summed E-state index contributed by atoms with van der Waals surface area (Å²) in [6.07, 6.45) is 7.78. The van der Waals surface area contributed by atoms with Crippen molar-refractivity contribution in [3.05, 3.63) is 11.6 Å². The quantitative estimate of drug-likeness (QED) is 0.336. The van der Waals surface area contributed by atoms with Gasteiger partial charge in [-0.3, -0.25) is 4.79 Å². The summed E-state index contributed by atoms with van der Waals surface area (Å²) in [6, 6.07) is 0. The summed E-state index contributed by atoms with van der Waals surface area (Å²) in [7, 11) is 0. The summed E-state index contributed by atoms with van der Waals surface area (Å²) in [4.78, 5) is 12.7. The van der Waals surface area contributed by atoms with Crippen LogP contribution in [0.15, 0.2) is 11.6 Å². The molecule has 0 heterocycles. The van der Waals surface area contributed by atoms with E-state index in [0.717, 1.165) is 32.1 Å². The number of hydrogen-bond acceptors (Lipinski definition) is 4. The van der Waals surface area contributed by atoms with E-state index in [9.17, 15) is 20.1 Å². The molecule has 12 atom stereocenters. The molecule has 4 aliphatic rings. The van der Waals surface area contributed by atoms with Crippen molar-refractivity contribution in [2.24, 2.45) is 51.8 Å². The van der Waals surface area contributed by atoms with Crippen LogP contribution in [0.2, 0.25) is 0 Å². The van der Waals surface area contributed by atoms with E-state index >= 15 is 0 Å². The van der Waals surface area contributed by atoms with E-state index in [4.69, 9.17) is 0 Å². The Labute approximate surface area is 224 Å². The highest BCUT2D eigenvalue weighted by atomic mass is 32.2. The SMILES string of the molecule is CC(C)=CC[C@@H](C(=O)O)[C@@H]1C2C[C@@H](O)C3[C@@]4(C)CC[C@@H](O)[C@@H](C)C4CC[C@]3(C)[C@@]2(C)C[C@@H]1SC(C)C. The predicted octanol–water partition coefficient (Wildman–Crippen LogP) is 6.79. The van der Waals surface area contributed by atoms with Crippen LogP contribution in [-0.4, -0.2) is 44.0 Å². The first-order valence-corrected chi connectivity index (χ1v) is 15.5. The number of hydrogen-bond donors (Lipinski definition) is 3. The number of carboxylic acid groups (broad SMARTS) is 1. The number of aliphatic hydroxyl groups is 2. The Bertz CT molecular complexity index is 867. The van der Waals surface area contributed by atoms with Crippen molar-refractivity contribution in [1.29, 1.82) is 0 Å². The molecule has 0 aromatic heterocycles.